The molecule has 0 aliphatic heterocycles. The van der Waals surface area contributed by atoms with Crippen molar-refractivity contribution in [3.63, 3.8) is 0 Å². The van der Waals surface area contributed by atoms with Gasteiger partial charge in [-0.3, -0.25) is 0 Å². The Labute approximate surface area is 155 Å². The molecule has 4 nitrogen and oxygen atoms in total. The summed E-state index contributed by atoms with van der Waals surface area (Å²) in [5.74, 6) is 1.29. The van der Waals surface area contributed by atoms with Crippen LogP contribution in [0.2, 0.25) is 0 Å². The number of aromatic nitrogens is 1. The smallest absolute Gasteiger partial charge is 0.141 e. The summed E-state index contributed by atoms with van der Waals surface area (Å²) < 4.78 is 5.83. The molecule has 0 radical (unpaired) electrons. The van der Waals surface area contributed by atoms with Gasteiger partial charge in [-0.1, -0.05) is 30.3 Å². The van der Waals surface area contributed by atoms with E-state index >= 15 is 0 Å². The monoisotopic (exact) mass is 359 g/mol. The molecule has 5 heteroatoms. The molecule has 0 saturated carbocycles. The van der Waals surface area contributed by atoms with Gasteiger partial charge in [0.25, 0.3) is 0 Å². The highest BCUT2D eigenvalue weighted by Crippen LogP contribution is 2.21. The second-order valence-electron chi connectivity index (χ2n) is 5.75. The van der Waals surface area contributed by atoms with Crippen molar-refractivity contribution in [3.8, 4) is 5.75 Å². The first-order valence-corrected chi connectivity index (χ1v) is 9.11. The van der Waals surface area contributed by atoms with E-state index in [4.69, 9.17) is 10.5 Å². The van der Waals surface area contributed by atoms with Crippen LogP contribution in [0.15, 0.2) is 83.2 Å². The van der Waals surface area contributed by atoms with Gasteiger partial charge in [0.15, 0.2) is 0 Å². The molecule has 2 N–H and O–H groups in total. The quantitative estimate of drug-likeness (QED) is 0.407. The summed E-state index contributed by atoms with van der Waals surface area (Å²) in [4.78, 5) is 10.0. The number of aliphatic imine (C=N–C) groups is 1. The maximum atomic E-state index is 6.01. The van der Waals surface area contributed by atoms with Crippen LogP contribution in [-0.2, 0) is 6.61 Å². The first-order valence-electron chi connectivity index (χ1n) is 8.23. The lowest BCUT2D eigenvalue weighted by atomic mass is 10.2. The topological polar surface area (TPSA) is 60.5 Å². The van der Waals surface area contributed by atoms with Crippen molar-refractivity contribution in [1.29, 1.82) is 0 Å². The zero-order valence-electron chi connectivity index (χ0n) is 14.0. The minimum absolute atomic E-state index is 0.421. The zero-order valence-corrected chi connectivity index (χ0v) is 14.8. The van der Waals surface area contributed by atoms with Crippen molar-refractivity contribution >= 4 is 33.8 Å². The summed E-state index contributed by atoms with van der Waals surface area (Å²) in [6.07, 6.45) is 0. The lowest BCUT2D eigenvalue weighted by molar-refractivity contribution is 0.302. The summed E-state index contributed by atoms with van der Waals surface area (Å²) in [5, 5.41) is 3.11. The number of nitrogens with two attached hydrogens (primary N) is 1. The van der Waals surface area contributed by atoms with E-state index in [-0.39, 0.29) is 0 Å². The lowest BCUT2D eigenvalue weighted by Crippen LogP contribution is -2.10. The van der Waals surface area contributed by atoms with Gasteiger partial charge in [-0.05, 0) is 47.8 Å². The molecule has 0 aliphatic carbocycles. The average molecular weight is 359 g/mol. The van der Waals surface area contributed by atoms with Gasteiger partial charge in [0.1, 0.15) is 18.2 Å². The van der Waals surface area contributed by atoms with Gasteiger partial charge >= 0.3 is 0 Å². The standard InChI is InChI=1S/C21H17N3OS/c22-21(20-6-3-13-26-20)24-16-9-11-18(12-10-16)25-14-17-8-7-15-4-1-2-5-19(15)23-17/h1-13H,14H2,(H2,22,24). The molecule has 0 atom stereocenters. The predicted octanol–water partition coefficient (Wildman–Crippen LogP) is 4.91. The summed E-state index contributed by atoms with van der Waals surface area (Å²) in [7, 11) is 0. The second kappa shape index (κ2) is 7.37. The van der Waals surface area contributed by atoms with Gasteiger partial charge in [0.05, 0.1) is 21.8 Å². The predicted molar refractivity (Wildman–Crippen MR) is 107 cm³/mol. The molecule has 0 amide bonds. The molecule has 0 saturated heterocycles. The molecule has 2 aromatic carbocycles. The summed E-state index contributed by atoms with van der Waals surface area (Å²) in [5.41, 5.74) is 8.68. The highest BCUT2D eigenvalue weighted by molar-refractivity contribution is 7.12. The van der Waals surface area contributed by atoms with E-state index in [2.05, 4.69) is 16.0 Å². The molecule has 2 aromatic heterocycles. The largest absolute Gasteiger partial charge is 0.487 e. The van der Waals surface area contributed by atoms with Gasteiger partial charge in [-0.2, -0.15) is 0 Å². The van der Waals surface area contributed by atoms with Crippen LogP contribution in [0.1, 0.15) is 10.6 Å². The van der Waals surface area contributed by atoms with Crippen molar-refractivity contribution in [3.05, 3.63) is 88.7 Å². The maximum Gasteiger partial charge on any atom is 0.141 e. The van der Waals surface area contributed by atoms with E-state index in [1.165, 1.54) is 0 Å². The van der Waals surface area contributed by atoms with Crippen LogP contribution in [0.5, 0.6) is 5.75 Å². The van der Waals surface area contributed by atoms with Gasteiger partial charge in [0, 0.05) is 5.39 Å². The molecule has 4 rings (SSSR count). The number of hydrogen-bond donors (Lipinski definition) is 1. The van der Waals surface area contributed by atoms with E-state index in [0.717, 1.165) is 32.9 Å². The van der Waals surface area contributed by atoms with Crippen LogP contribution in [0.3, 0.4) is 0 Å². The third kappa shape index (κ3) is 3.73. The highest BCUT2D eigenvalue weighted by atomic mass is 32.1. The number of rotatable bonds is 5. The van der Waals surface area contributed by atoms with Crippen molar-refractivity contribution in [1.82, 2.24) is 4.98 Å². The number of ether oxygens (including phenoxy) is 1. The summed E-state index contributed by atoms with van der Waals surface area (Å²) >= 11 is 1.57. The number of thiophene rings is 1. The molecule has 4 aromatic rings. The zero-order chi connectivity index (χ0) is 17.8. The van der Waals surface area contributed by atoms with Gasteiger partial charge in [-0.25, -0.2) is 9.98 Å². The molecule has 0 fully saturated rings. The maximum absolute atomic E-state index is 6.01. The Kier molecular flexibility index (Phi) is 4.62. The molecule has 0 spiro atoms. The van der Waals surface area contributed by atoms with E-state index in [0.29, 0.717) is 12.4 Å². The van der Waals surface area contributed by atoms with Crippen LogP contribution >= 0.6 is 11.3 Å². The Hall–Kier alpha value is -3.18. The fraction of sp³-hybridized carbons (Fsp3) is 0.0476. The molecule has 128 valence electrons. The Balaban J connectivity index is 1.43. The van der Waals surface area contributed by atoms with Crippen LogP contribution in [0.25, 0.3) is 10.9 Å². The fourth-order valence-corrected chi connectivity index (χ4v) is 3.21. The number of para-hydroxylation sites is 1. The molecule has 2 heterocycles. The SMILES string of the molecule is NC(=Nc1ccc(OCc2ccc3ccccc3n2)cc1)c1cccs1. The summed E-state index contributed by atoms with van der Waals surface area (Å²) in [6.45, 7) is 0.421. The number of nitrogens with zero attached hydrogens (tertiary/aromatic N) is 2. The first-order chi connectivity index (χ1) is 12.8. The van der Waals surface area contributed by atoms with Crippen LogP contribution < -0.4 is 10.5 Å². The van der Waals surface area contributed by atoms with E-state index < -0.39 is 0 Å². The Morgan fingerprint density at radius 2 is 1.81 bits per heavy atom. The normalized spacial score (nSPS) is 11.6. The Morgan fingerprint density at radius 3 is 2.62 bits per heavy atom. The fourth-order valence-electron chi connectivity index (χ4n) is 2.58. The van der Waals surface area contributed by atoms with Crippen molar-refractivity contribution in [2.75, 3.05) is 0 Å². The summed E-state index contributed by atoms with van der Waals surface area (Å²) in [6, 6.07) is 23.6. The lowest BCUT2D eigenvalue weighted by Gasteiger charge is -2.07. The van der Waals surface area contributed by atoms with Crippen molar-refractivity contribution in [2.24, 2.45) is 10.7 Å². The third-order valence-electron chi connectivity index (χ3n) is 3.90. The number of amidine groups is 1. The van der Waals surface area contributed by atoms with Crippen molar-refractivity contribution in [2.45, 2.75) is 6.61 Å². The Bertz CT molecular complexity index is 1040. The molecule has 26 heavy (non-hydrogen) atoms. The number of fused-ring (bicyclic) bond motifs is 1. The third-order valence-corrected chi connectivity index (χ3v) is 4.80. The molecular formula is C21H17N3OS. The van der Waals surface area contributed by atoms with E-state index in [1.807, 2.05) is 72.1 Å². The van der Waals surface area contributed by atoms with Crippen molar-refractivity contribution < 1.29 is 4.74 Å². The minimum Gasteiger partial charge on any atom is -0.487 e. The minimum atomic E-state index is 0.421. The second-order valence-corrected chi connectivity index (χ2v) is 6.70. The van der Waals surface area contributed by atoms with Gasteiger partial charge in [0.2, 0.25) is 0 Å². The molecule has 0 bridgehead atoms. The average Bonchev–Trinajstić information content (AvgIpc) is 3.22. The number of benzene rings is 2. The van der Waals surface area contributed by atoms with Crippen LogP contribution in [0, 0.1) is 0 Å². The number of hydrogen-bond acceptors (Lipinski definition) is 4. The molecule has 0 unspecified atom stereocenters. The highest BCUT2D eigenvalue weighted by Gasteiger charge is 2.02. The van der Waals surface area contributed by atoms with E-state index in [9.17, 15) is 0 Å². The van der Waals surface area contributed by atoms with Gasteiger partial charge < -0.3 is 10.5 Å². The van der Waals surface area contributed by atoms with Crippen LogP contribution in [0.4, 0.5) is 5.69 Å². The first kappa shape index (κ1) is 16.3. The number of pyridine rings is 1. The van der Waals surface area contributed by atoms with E-state index in [1.54, 1.807) is 11.3 Å². The molecular weight excluding hydrogens is 342 g/mol. The van der Waals surface area contributed by atoms with Gasteiger partial charge in [-0.15, -0.1) is 11.3 Å². The van der Waals surface area contributed by atoms with Crippen LogP contribution in [-0.4, -0.2) is 10.8 Å². The Morgan fingerprint density at radius 1 is 0.962 bits per heavy atom. The molecule has 0 aliphatic rings.